The molecule has 0 spiro atoms. The van der Waals surface area contributed by atoms with Gasteiger partial charge in [0.2, 0.25) is 5.91 Å². The summed E-state index contributed by atoms with van der Waals surface area (Å²) in [4.78, 5) is 28.0. The van der Waals surface area contributed by atoms with E-state index in [0.29, 0.717) is 17.1 Å². The summed E-state index contributed by atoms with van der Waals surface area (Å²) in [6.45, 7) is 12.7. The lowest BCUT2D eigenvalue weighted by Gasteiger charge is -2.19. The fourth-order valence-electron chi connectivity index (χ4n) is 2.26. The highest BCUT2D eigenvalue weighted by Crippen LogP contribution is 2.17. The lowest BCUT2D eigenvalue weighted by molar-refractivity contribution is -0.155. The van der Waals surface area contributed by atoms with Crippen LogP contribution in [-0.2, 0) is 19.1 Å². The fraction of sp³-hybridized carbons (Fsp3) is 0.300. The molecular formula is C20H24N4O4. The van der Waals surface area contributed by atoms with E-state index in [1.165, 1.54) is 11.6 Å². The van der Waals surface area contributed by atoms with Crippen LogP contribution in [-0.4, -0.2) is 39.2 Å². The molecule has 2 heterocycles. The number of aromatic nitrogens is 3. The summed E-state index contributed by atoms with van der Waals surface area (Å²) >= 11 is 0. The van der Waals surface area contributed by atoms with Crippen molar-refractivity contribution in [2.24, 2.45) is 0 Å². The Morgan fingerprint density at radius 3 is 2.64 bits per heavy atom. The summed E-state index contributed by atoms with van der Waals surface area (Å²) in [5.41, 5.74) is 1.23. The summed E-state index contributed by atoms with van der Waals surface area (Å²) in [6.07, 6.45) is 4.50. The Kier molecular flexibility index (Phi) is 6.35. The van der Waals surface area contributed by atoms with Crippen LogP contribution in [0.5, 0.6) is 0 Å². The molecule has 0 radical (unpaired) electrons. The third-order valence-corrected chi connectivity index (χ3v) is 3.41. The van der Waals surface area contributed by atoms with E-state index in [0.717, 1.165) is 5.57 Å². The van der Waals surface area contributed by atoms with E-state index in [1.54, 1.807) is 51.3 Å². The monoisotopic (exact) mass is 384 g/mol. The number of hydrogen-bond acceptors (Lipinski definition) is 6. The predicted molar refractivity (Wildman–Crippen MR) is 106 cm³/mol. The van der Waals surface area contributed by atoms with Crippen molar-refractivity contribution in [3.63, 3.8) is 0 Å². The van der Waals surface area contributed by atoms with Gasteiger partial charge in [0.25, 0.3) is 0 Å². The van der Waals surface area contributed by atoms with Crippen LogP contribution < -0.4 is 5.32 Å². The van der Waals surface area contributed by atoms with Crippen LogP contribution in [0.4, 0.5) is 5.82 Å². The third-order valence-electron chi connectivity index (χ3n) is 3.41. The number of carbonyl (C=O) groups is 2. The lowest BCUT2D eigenvalue weighted by Crippen LogP contribution is -2.27. The number of hydrogen-bond donors (Lipinski definition) is 1. The van der Waals surface area contributed by atoms with Crippen molar-refractivity contribution < 1.29 is 19.1 Å². The Hall–Kier alpha value is -3.42. The fourth-order valence-corrected chi connectivity index (χ4v) is 2.26. The van der Waals surface area contributed by atoms with Crippen molar-refractivity contribution in [2.75, 3.05) is 12.4 Å². The first-order valence-corrected chi connectivity index (χ1v) is 8.57. The molecule has 2 aromatic rings. The Bertz CT molecular complexity index is 951. The number of rotatable bonds is 7. The average Bonchev–Trinajstić information content (AvgIpc) is 2.98. The number of allylic oxidation sites excluding steroid dienone is 3. The zero-order valence-corrected chi connectivity index (χ0v) is 16.5. The number of imidazole rings is 1. The van der Waals surface area contributed by atoms with Crippen LogP contribution in [0.2, 0.25) is 0 Å². The van der Waals surface area contributed by atoms with Gasteiger partial charge in [0.15, 0.2) is 11.5 Å². The maximum Gasteiger partial charge on any atom is 0.315 e. The average molecular weight is 384 g/mol. The van der Waals surface area contributed by atoms with Gasteiger partial charge in [-0.25, -0.2) is 9.50 Å². The number of fused-ring (bicyclic) bond motifs is 1. The first kappa shape index (κ1) is 20.9. The van der Waals surface area contributed by atoms with Gasteiger partial charge in [-0.05, 0) is 39.0 Å². The second-order valence-electron chi connectivity index (χ2n) is 6.93. The molecule has 1 N–H and O–H groups in total. The van der Waals surface area contributed by atoms with Gasteiger partial charge in [0.05, 0.1) is 19.0 Å². The molecule has 0 unspecified atom stereocenters. The van der Waals surface area contributed by atoms with Gasteiger partial charge >= 0.3 is 5.97 Å². The quantitative estimate of drug-likeness (QED) is 0.341. The summed E-state index contributed by atoms with van der Waals surface area (Å²) in [5, 5.41) is 7.02. The Balaban J connectivity index is 2.15. The number of carbonyl (C=O) groups excluding carboxylic acids is 2. The van der Waals surface area contributed by atoms with Crippen molar-refractivity contribution in [1.82, 2.24) is 14.6 Å². The van der Waals surface area contributed by atoms with Crippen LogP contribution in [0.15, 0.2) is 49.4 Å². The molecule has 0 aliphatic rings. The smallest absolute Gasteiger partial charge is 0.315 e. The molecule has 0 aliphatic heterocycles. The predicted octanol–water partition coefficient (Wildman–Crippen LogP) is 3.13. The molecule has 1 amide bonds. The lowest BCUT2D eigenvalue weighted by atomic mass is 10.1. The number of nitrogens with one attached hydrogen (secondary N) is 1. The second-order valence-corrected chi connectivity index (χ2v) is 6.93. The Morgan fingerprint density at radius 2 is 2.04 bits per heavy atom. The van der Waals surface area contributed by atoms with E-state index >= 15 is 0 Å². The van der Waals surface area contributed by atoms with Gasteiger partial charge in [0, 0.05) is 5.57 Å². The molecule has 0 atom stereocenters. The molecule has 0 saturated carbocycles. The summed E-state index contributed by atoms with van der Waals surface area (Å²) < 4.78 is 11.7. The SMILES string of the molecule is C=C/C(=C\C(=C)OC)c1ccc2nc(NC(=O)CC(=O)OC(C)(C)C)cn2n1. The zero-order chi connectivity index (χ0) is 20.9. The van der Waals surface area contributed by atoms with E-state index < -0.39 is 23.9 Å². The van der Waals surface area contributed by atoms with Crippen molar-refractivity contribution in [3.05, 3.63) is 55.1 Å². The van der Waals surface area contributed by atoms with Crippen molar-refractivity contribution in [2.45, 2.75) is 32.8 Å². The molecule has 0 fully saturated rings. The standard InChI is InChI=1S/C20H24N4O4/c1-7-14(10-13(2)27-6)15-8-9-17-21-16(12-24(17)23-15)22-18(25)11-19(26)28-20(3,4)5/h7-10,12H,1-2,11H2,3-6H3,(H,22,25)/b14-10+. The van der Waals surface area contributed by atoms with Crippen LogP contribution in [0.3, 0.4) is 0 Å². The van der Waals surface area contributed by atoms with E-state index in [9.17, 15) is 9.59 Å². The molecule has 148 valence electrons. The van der Waals surface area contributed by atoms with Gasteiger partial charge in [0.1, 0.15) is 17.8 Å². The highest BCUT2D eigenvalue weighted by Gasteiger charge is 2.19. The minimum atomic E-state index is -0.648. The number of anilines is 1. The van der Waals surface area contributed by atoms with E-state index in [1.807, 2.05) is 0 Å². The molecule has 8 nitrogen and oxygen atoms in total. The van der Waals surface area contributed by atoms with Crippen molar-refractivity contribution in [3.8, 4) is 0 Å². The minimum absolute atomic E-state index is 0.281. The molecule has 0 saturated heterocycles. The number of amides is 1. The molecule has 28 heavy (non-hydrogen) atoms. The first-order valence-electron chi connectivity index (χ1n) is 8.57. The van der Waals surface area contributed by atoms with Gasteiger partial charge in [-0.1, -0.05) is 19.2 Å². The molecule has 2 rings (SSSR count). The first-order chi connectivity index (χ1) is 13.1. The molecule has 0 aromatic carbocycles. The van der Waals surface area contributed by atoms with Gasteiger partial charge in [-0.3, -0.25) is 9.59 Å². The van der Waals surface area contributed by atoms with Gasteiger partial charge < -0.3 is 14.8 Å². The van der Waals surface area contributed by atoms with E-state index in [2.05, 4.69) is 28.6 Å². The Morgan fingerprint density at radius 1 is 1.32 bits per heavy atom. The summed E-state index contributed by atoms with van der Waals surface area (Å²) in [5.74, 6) is -0.365. The largest absolute Gasteiger partial charge is 0.497 e. The molecule has 2 aromatic heterocycles. The third kappa shape index (κ3) is 5.80. The maximum absolute atomic E-state index is 12.0. The van der Waals surface area contributed by atoms with Crippen molar-refractivity contribution in [1.29, 1.82) is 0 Å². The summed E-state index contributed by atoms with van der Waals surface area (Å²) in [7, 11) is 1.53. The van der Waals surface area contributed by atoms with Crippen LogP contribution in [0.25, 0.3) is 11.2 Å². The molecule has 0 aliphatic carbocycles. The highest BCUT2D eigenvalue weighted by molar-refractivity contribution is 6.01. The van der Waals surface area contributed by atoms with Gasteiger partial charge in [-0.2, -0.15) is 5.10 Å². The van der Waals surface area contributed by atoms with Gasteiger partial charge in [-0.15, -0.1) is 0 Å². The number of methoxy groups -OCH3 is 1. The summed E-state index contributed by atoms with van der Waals surface area (Å²) in [6, 6.07) is 3.52. The second kappa shape index (κ2) is 8.51. The van der Waals surface area contributed by atoms with Crippen LogP contribution >= 0.6 is 0 Å². The highest BCUT2D eigenvalue weighted by atomic mass is 16.6. The number of esters is 1. The molecular weight excluding hydrogens is 360 g/mol. The number of nitrogens with zero attached hydrogens (tertiary/aromatic N) is 3. The van der Waals surface area contributed by atoms with E-state index in [-0.39, 0.29) is 5.82 Å². The molecule has 8 heteroatoms. The van der Waals surface area contributed by atoms with Crippen LogP contribution in [0, 0.1) is 0 Å². The van der Waals surface area contributed by atoms with Crippen LogP contribution in [0.1, 0.15) is 32.9 Å². The number of ether oxygens (including phenoxy) is 2. The van der Waals surface area contributed by atoms with Crippen molar-refractivity contribution >= 4 is 28.9 Å². The zero-order valence-electron chi connectivity index (χ0n) is 16.5. The minimum Gasteiger partial charge on any atom is -0.497 e. The normalized spacial score (nSPS) is 11.8. The maximum atomic E-state index is 12.0. The van der Waals surface area contributed by atoms with E-state index in [4.69, 9.17) is 9.47 Å². The topological polar surface area (TPSA) is 94.8 Å². The molecule has 0 bridgehead atoms. The Labute approximate surface area is 163 Å².